The highest BCUT2D eigenvalue weighted by Gasteiger charge is 2.19. The maximum absolute atomic E-state index is 5.61. The highest BCUT2D eigenvalue weighted by atomic mass is 35.5. The normalized spacial score (nSPS) is 9.90. The summed E-state index contributed by atoms with van der Waals surface area (Å²) in [6.07, 6.45) is 0. The Bertz CT molecular complexity index is 212. The van der Waals surface area contributed by atoms with Crippen molar-refractivity contribution in [2.45, 2.75) is 6.92 Å². The molecular formula is C8H10ClN. The van der Waals surface area contributed by atoms with Crippen LogP contribution in [-0.4, -0.2) is 6.54 Å². The van der Waals surface area contributed by atoms with E-state index in [9.17, 15) is 0 Å². The van der Waals surface area contributed by atoms with Gasteiger partial charge in [-0.25, -0.2) is 0 Å². The van der Waals surface area contributed by atoms with Crippen LogP contribution in [0.1, 0.15) is 6.92 Å². The number of rotatable bonds is 0. The standard InChI is InChI=1S/C6H3Cl.C2H7N/c7-6-4-2-1-3-5(4)6;1-2-3/h1-3H;2-3H2,1H3. The van der Waals surface area contributed by atoms with Crippen LogP contribution in [0.3, 0.4) is 0 Å². The predicted molar refractivity (Wildman–Crippen MR) is 45.2 cm³/mol. The van der Waals surface area contributed by atoms with Crippen LogP contribution in [0, 0.1) is 0 Å². The van der Waals surface area contributed by atoms with Gasteiger partial charge in [-0.15, -0.1) is 0 Å². The highest BCUT2D eigenvalue weighted by Crippen LogP contribution is 2.47. The van der Waals surface area contributed by atoms with E-state index in [2.05, 4.69) is 0 Å². The third kappa shape index (κ3) is 1.31. The topological polar surface area (TPSA) is 26.0 Å². The van der Waals surface area contributed by atoms with E-state index in [0.29, 0.717) is 0 Å². The van der Waals surface area contributed by atoms with Gasteiger partial charge in [-0.2, -0.15) is 0 Å². The van der Waals surface area contributed by atoms with Gasteiger partial charge in [0.05, 0.1) is 5.02 Å². The average Bonchev–Trinajstić information content (AvgIpc) is 2.41. The van der Waals surface area contributed by atoms with Crippen LogP contribution < -0.4 is 5.73 Å². The largest absolute Gasteiger partial charge is 0.331 e. The molecule has 0 aromatic rings. The lowest BCUT2D eigenvalue weighted by molar-refractivity contribution is 1.14. The fourth-order valence-corrected chi connectivity index (χ4v) is 1.04. The first-order chi connectivity index (χ1) is 4.81. The lowest BCUT2D eigenvalue weighted by Gasteiger charge is -1.55. The molecule has 0 saturated heterocycles. The summed E-state index contributed by atoms with van der Waals surface area (Å²) in [7, 11) is 0. The molecule has 0 fully saturated rings. The summed E-state index contributed by atoms with van der Waals surface area (Å²) < 4.78 is 0. The van der Waals surface area contributed by atoms with Gasteiger partial charge in [0.2, 0.25) is 0 Å². The zero-order valence-electron chi connectivity index (χ0n) is 5.89. The number of benzene rings is 1. The van der Waals surface area contributed by atoms with Crippen molar-refractivity contribution in [1.29, 1.82) is 0 Å². The third-order valence-corrected chi connectivity index (χ3v) is 1.63. The van der Waals surface area contributed by atoms with Crippen molar-refractivity contribution in [2.24, 2.45) is 5.73 Å². The molecule has 0 bridgehead atoms. The van der Waals surface area contributed by atoms with Crippen molar-refractivity contribution in [2.75, 3.05) is 6.54 Å². The first-order valence-corrected chi connectivity index (χ1v) is 3.68. The van der Waals surface area contributed by atoms with E-state index in [-0.39, 0.29) is 0 Å². The lowest BCUT2D eigenvalue weighted by Crippen LogP contribution is -1.87. The van der Waals surface area contributed by atoms with Crippen molar-refractivity contribution in [3.05, 3.63) is 23.2 Å². The second kappa shape index (κ2) is 3.04. The van der Waals surface area contributed by atoms with Crippen LogP contribution in [0.25, 0.3) is 11.1 Å². The van der Waals surface area contributed by atoms with Crippen LogP contribution in [0.2, 0.25) is 5.02 Å². The summed E-state index contributed by atoms with van der Waals surface area (Å²) >= 11 is 5.61. The van der Waals surface area contributed by atoms with Gasteiger partial charge < -0.3 is 5.73 Å². The van der Waals surface area contributed by atoms with E-state index in [1.165, 1.54) is 11.1 Å². The highest BCUT2D eigenvalue weighted by molar-refractivity contribution is 6.41. The molecule has 0 aromatic carbocycles. The SMILES string of the molecule is CCN.Clc1c2cccc1-2. The Balaban J connectivity index is 0.000000148. The summed E-state index contributed by atoms with van der Waals surface area (Å²) in [4.78, 5) is 0. The molecule has 54 valence electrons. The number of halogens is 1. The zero-order chi connectivity index (χ0) is 7.56. The number of nitrogens with two attached hydrogens (primary N) is 1. The van der Waals surface area contributed by atoms with Crippen molar-refractivity contribution in [3.63, 3.8) is 0 Å². The first kappa shape index (κ1) is 7.58. The van der Waals surface area contributed by atoms with Crippen molar-refractivity contribution in [3.8, 4) is 11.1 Å². The molecule has 2 rings (SSSR count). The van der Waals surface area contributed by atoms with Gasteiger partial charge in [0, 0.05) is 11.1 Å². The molecule has 0 unspecified atom stereocenters. The van der Waals surface area contributed by atoms with E-state index >= 15 is 0 Å². The fourth-order valence-electron chi connectivity index (χ4n) is 0.758. The lowest BCUT2D eigenvalue weighted by atomic mass is 10.6. The summed E-state index contributed by atoms with van der Waals surface area (Å²) in [5.41, 5.74) is 7.32. The quantitative estimate of drug-likeness (QED) is 0.621. The van der Waals surface area contributed by atoms with Gasteiger partial charge in [-0.05, 0) is 6.54 Å². The monoisotopic (exact) mass is 155 g/mol. The molecule has 2 N–H and O–H groups in total. The maximum atomic E-state index is 5.61. The summed E-state index contributed by atoms with van der Waals surface area (Å²) in [6.45, 7) is 2.65. The average molecular weight is 156 g/mol. The molecule has 0 saturated carbocycles. The molecule has 0 spiro atoms. The zero-order valence-corrected chi connectivity index (χ0v) is 6.65. The van der Waals surface area contributed by atoms with E-state index in [1.807, 2.05) is 25.1 Å². The van der Waals surface area contributed by atoms with Gasteiger partial charge in [0.25, 0.3) is 0 Å². The molecule has 1 nitrogen and oxygen atoms in total. The van der Waals surface area contributed by atoms with Crippen molar-refractivity contribution < 1.29 is 0 Å². The molecule has 0 heterocycles. The fraction of sp³-hybridized carbons (Fsp3) is 0.250. The van der Waals surface area contributed by atoms with Gasteiger partial charge >= 0.3 is 0 Å². The van der Waals surface area contributed by atoms with Gasteiger partial charge in [-0.3, -0.25) is 0 Å². The Morgan fingerprint density at radius 2 is 1.80 bits per heavy atom. The second-order valence-corrected chi connectivity index (χ2v) is 2.45. The predicted octanol–water partition coefficient (Wildman–Crippen LogP) is 2.29. The third-order valence-electron chi connectivity index (χ3n) is 1.23. The molecule has 10 heavy (non-hydrogen) atoms. The number of hydrogen-bond acceptors (Lipinski definition) is 1. The molecule has 0 atom stereocenters. The van der Waals surface area contributed by atoms with Crippen molar-refractivity contribution in [1.82, 2.24) is 0 Å². The molecule has 2 heteroatoms. The first-order valence-electron chi connectivity index (χ1n) is 3.30. The van der Waals surface area contributed by atoms with E-state index in [1.54, 1.807) is 0 Å². The Hall–Kier alpha value is -0.530. The Morgan fingerprint density at radius 1 is 1.40 bits per heavy atom. The van der Waals surface area contributed by atoms with Crippen LogP contribution in [-0.2, 0) is 0 Å². The van der Waals surface area contributed by atoms with Gasteiger partial charge in [0.1, 0.15) is 0 Å². The number of hydrogen-bond donors (Lipinski definition) is 1. The van der Waals surface area contributed by atoms with Gasteiger partial charge in [0.15, 0.2) is 0 Å². The minimum atomic E-state index is 0.750. The Morgan fingerprint density at radius 3 is 2.00 bits per heavy atom. The van der Waals surface area contributed by atoms with Crippen LogP contribution in [0.5, 0.6) is 0 Å². The summed E-state index contributed by atoms with van der Waals surface area (Å²) in [5, 5.41) is 0.961. The summed E-state index contributed by atoms with van der Waals surface area (Å²) in [5.74, 6) is 0. The van der Waals surface area contributed by atoms with Crippen LogP contribution in [0.15, 0.2) is 18.2 Å². The van der Waals surface area contributed by atoms with Gasteiger partial charge in [-0.1, -0.05) is 36.7 Å². The van der Waals surface area contributed by atoms with Crippen LogP contribution >= 0.6 is 11.6 Å². The molecule has 0 aliphatic heterocycles. The molecule has 0 aromatic heterocycles. The molecular weight excluding hydrogens is 146 g/mol. The Labute approximate surface area is 65.8 Å². The molecule has 0 radical (unpaired) electrons. The second-order valence-electron chi connectivity index (χ2n) is 2.08. The molecule has 0 amide bonds. The van der Waals surface area contributed by atoms with E-state index in [0.717, 1.165) is 11.6 Å². The minimum absolute atomic E-state index is 0.750. The maximum Gasteiger partial charge on any atom is 0.0563 e. The summed E-state index contributed by atoms with van der Waals surface area (Å²) in [6, 6.07) is 6.06. The smallest absolute Gasteiger partial charge is 0.0563 e. The van der Waals surface area contributed by atoms with E-state index < -0.39 is 0 Å². The molecule has 2 aliphatic rings. The van der Waals surface area contributed by atoms with Crippen molar-refractivity contribution >= 4 is 11.6 Å². The number of fused-ring (bicyclic) bond motifs is 1. The molecule has 2 aliphatic carbocycles. The Kier molecular flexibility index (Phi) is 2.30. The van der Waals surface area contributed by atoms with Crippen LogP contribution in [0.4, 0.5) is 0 Å². The minimum Gasteiger partial charge on any atom is -0.331 e. The van der Waals surface area contributed by atoms with E-state index in [4.69, 9.17) is 17.3 Å².